The van der Waals surface area contributed by atoms with Gasteiger partial charge in [-0.3, -0.25) is 0 Å². The molecule has 1 aromatic carbocycles. The maximum absolute atomic E-state index is 12.3. The van der Waals surface area contributed by atoms with Gasteiger partial charge in [-0.1, -0.05) is 0 Å². The van der Waals surface area contributed by atoms with Gasteiger partial charge in [-0.25, -0.2) is 8.42 Å². The van der Waals surface area contributed by atoms with Gasteiger partial charge in [-0.15, -0.1) is 0 Å². The zero-order valence-corrected chi connectivity index (χ0v) is 12.0. The molecule has 0 aliphatic carbocycles. The fourth-order valence-electron chi connectivity index (χ4n) is 1.49. The summed E-state index contributed by atoms with van der Waals surface area (Å²) < 4.78 is 57.3. The van der Waals surface area contributed by atoms with E-state index in [1.54, 1.807) is 14.2 Å². The average Bonchev–Trinajstić information content (AvgIpc) is 2.43. The first kappa shape index (κ1) is 16.8. The molecule has 0 aliphatic heterocycles. The summed E-state index contributed by atoms with van der Waals surface area (Å²) in [7, 11) is -1.45. The Balaban J connectivity index is 2.68. The van der Waals surface area contributed by atoms with Crippen molar-refractivity contribution in [2.75, 3.05) is 32.7 Å². The van der Waals surface area contributed by atoms with Crippen molar-refractivity contribution in [3.63, 3.8) is 0 Å². The van der Waals surface area contributed by atoms with Crippen molar-refractivity contribution in [3.8, 4) is 0 Å². The average molecular weight is 309 g/mol. The van der Waals surface area contributed by atoms with Gasteiger partial charge in [-0.05, 0) is 24.3 Å². The summed E-state index contributed by atoms with van der Waals surface area (Å²) in [5, 5.41) is 3.00. The zero-order valence-electron chi connectivity index (χ0n) is 11.2. The molecule has 0 aromatic heterocycles. The van der Waals surface area contributed by atoms with Crippen molar-refractivity contribution in [3.05, 3.63) is 24.3 Å². The van der Waals surface area contributed by atoms with E-state index in [0.29, 0.717) is 18.8 Å². The Bertz CT molecular complexity index is 505. The molecule has 8 heteroatoms. The number of nitrogens with one attached hydrogen (secondary N) is 1. The zero-order chi connectivity index (χ0) is 15.2. The minimum atomic E-state index is -4.54. The summed E-state index contributed by atoms with van der Waals surface area (Å²) in [6.07, 6.45) is -0.163. The van der Waals surface area contributed by atoms with Crippen molar-refractivity contribution < 1.29 is 26.7 Å². The topological polar surface area (TPSA) is 64.6 Å². The number of halogens is 2. The van der Waals surface area contributed by atoms with Gasteiger partial charge in [0.15, 0.2) is 0 Å². The first-order valence-electron chi connectivity index (χ1n) is 5.79. The van der Waals surface area contributed by atoms with Crippen molar-refractivity contribution in [2.24, 2.45) is 0 Å². The van der Waals surface area contributed by atoms with E-state index in [-0.39, 0.29) is 6.10 Å². The molecular formula is C12H17F2NO4S. The van der Waals surface area contributed by atoms with Gasteiger partial charge in [-0.2, -0.15) is 8.78 Å². The molecule has 0 aliphatic rings. The molecule has 0 heterocycles. The van der Waals surface area contributed by atoms with Crippen LogP contribution in [0.5, 0.6) is 0 Å². The van der Waals surface area contributed by atoms with Gasteiger partial charge < -0.3 is 14.8 Å². The lowest BCUT2D eigenvalue weighted by atomic mass is 10.3. The van der Waals surface area contributed by atoms with Crippen LogP contribution in [0.1, 0.15) is 0 Å². The van der Waals surface area contributed by atoms with E-state index >= 15 is 0 Å². The predicted molar refractivity (Wildman–Crippen MR) is 70.8 cm³/mol. The summed E-state index contributed by atoms with van der Waals surface area (Å²) in [6.45, 7) is 0.854. The van der Waals surface area contributed by atoms with Crippen LogP contribution in [0.15, 0.2) is 29.2 Å². The van der Waals surface area contributed by atoms with E-state index in [2.05, 4.69) is 5.32 Å². The monoisotopic (exact) mass is 309 g/mol. The van der Waals surface area contributed by atoms with Gasteiger partial charge >= 0.3 is 5.76 Å². The molecule has 0 saturated heterocycles. The van der Waals surface area contributed by atoms with Crippen LogP contribution >= 0.6 is 0 Å². The molecule has 0 amide bonds. The first-order valence-corrected chi connectivity index (χ1v) is 7.34. The van der Waals surface area contributed by atoms with Crippen LogP contribution in [-0.4, -0.2) is 47.7 Å². The highest BCUT2D eigenvalue weighted by atomic mass is 32.2. The second-order valence-electron chi connectivity index (χ2n) is 4.02. The molecule has 1 aromatic rings. The summed E-state index contributed by atoms with van der Waals surface area (Å²) >= 11 is 0. The summed E-state index contributed by atoms with van der Waals surface area (Å²) in [6, 6.07) is 5.13. The van der Waals surface area contributed by atoms with Gasteiger partial charge in [0.1, 0.15) is 0 Å². The lowest BCUT2D eigenvalue weighted by Crippen LogP contribution is -2.26. The van der Waals surface area contributed by atoms with Crippen molar-refractivity contribution in [2.45, 2.75) is 16.8 Å². The third-order valence-corrected chi connectivity index (χ3v) is 4.04. The molecule has 0 bridgehead atoms. The summed E-state index contributed by atoms with van der Waals surface area (Å²) in [4.78, 5) is -0.404. The van der Waals surface area contributed by atoms with Crippen LogP contribution in [0.2, 0.25) is 0 Å². The highest BCUT2D eigenvalue weighted by Gasteiger charge is 2.26. The van der Waals surface area contributed by atoms with Gasteiger partial charge in [0, 0.05) is 26.5 Å². The maximum atomic E-state index is 12.3. The van der Waals surface area contributed by atoms with E-state index in [9.17, 15) is 17.2 Å². The van der Waals surface area contributed by atoms with Gasteiger partial charge in [0.2, 0.25) is 9.84 Å². The molecule has 0 spiro atoms. The Hall–Kier alpha value is -1.25. The molecule has 0 saturated carbocycles. The number of anilines is 1. The van der Waals surface area contributed by atoms with Gasteiger partial charge in [0.25, 0.3) is 0 Å². The molecule has 114 valence electrons. The molecule has 5 nitrogen and oxygen atoms in total. The number of benzene rings is 1. The SMILES string of the molecule is COCC(CNc1ccc(S(=O)(=O)C(F)F)cc1)OC. The number of rotatable bonds is 8. The van der Waals surface area contributed by atoms with Gasteiger partial charge in [0.05, 0.1) is 17.6 Å². The van der Waals surface area contributed by atoms with E-state index in [4.69, 9.17) is 9.47 Å². The van der Waals surface area contributed by atoms with Crippen LogP contribution in [0.25, 0.3) is 0 Å². The fourth-order valence-corrected chi connectivity index (χ4v) is 2.21. The summed E-state index contributed by atoms with van der Waals surface area (Å²) in [5.74, 6) is -3.42. The molecule has 1 unspecified atom stereocenters. The molecule has 1 rings (SSSR count). The lowest BCUT2D eigenvalue weighted by Gasteiger charge is -2.16. The number of methoxy groups -OCH3 is 2. The Kier molecular flexibility index (Phi) is 6.31. The standard InChI is InChI=1S/C12H17F2NO4S/c1-18-8-10(19-2)7-15-9-3-5-11(6-4-9)20(16,17)12(13)14/h3-6,10,12,15H,7-8H2,1-2H3. The maximum Gasteiger partial charge on any atom is 0.341 e. The van der Waals surface area contributed by atoms with Crippen molar-refractivity contribution in [1.29, 1.82) is 0 Å². The van der Waals surface area contributed by atoms with Crippen LogP contribution in [0, 0.1) is 0 Å². The number of hydrogen-bond acceptors (Lipinski definition) is 5. The van der Waals surface area contributed by atoms with Crippen molar-refractivity contribution in [1.82, 2.24) is 0 Å². The highest BCUT2D eigenvalue weighted by Crippen LogP contribution is 2.20. The molecule has 0 radical (unpaired) electrons. The second kappa shape index (κ2) is 7.51. The minimum Gasteiger partial charge on any atom is -0.382 e. The normalized spacial score (nSPS) is 13.4. The summed E-state index contributed by atoms with van der Waals surface area (Å²) in [5.41, 5.74) is 0.608. The quantitative estimate of drug-likeness (QED) is 0.792. The fraction of sp³-hybridized carbons (Fsp3) is 0.500. The molecule has 1 N–H and O–H groups in total. The molecule has 20 heavy (non-hydrogen) atoms. The number of ether oxygens (including phenoxy) is 2. The minimum absolute atomic E-state index is 0.163. The predicted octanol–water partition coefficient (Wildman–Crippen LogP) is 1.76. The lowest BCUT2D eigenvalue weighted by molar-refractivity contribution is 0.0365. The third kappa shape index (κ3) is 4.39. The Morgan fingerprint density at radius 1 is 1.20 bits per heavy atom. The van der Waals surface area contributed by atoms with Crippen molar-refractivity contribution >= 4 is 15.5 Å². The van der Waals surface area contributed by atoms with E-state index in [1.807, 2.05) is 0 Å². The Labute approximate surface area is 116 Å². The van der Waals surface area contributed by atoms with Crippen LogP contribution < -0.4 is 5.32 Å². The van der Waals surface area contributed by atoms with Crippen LogP contribution in [0.4, 0.5) is 14.5 Å². The largest absolute Gasteiger partial charge is 0.382 e. The Morgan fingerprint density at radius 2 is 1.80 bits per heavy atom. The molecule has 0 fully saturated rings. The first-order chi connectivity index (χ1) is 9.41. The van der Waals surface area contributed by atoms with E-state index in [1.165, 1.54) is 12.1 Å². The number of sulfone groups is 1. The molecular weight excluding hydrogens is 292 g/mol. The second-order valence-corrected chi connectivity index (χ2v) is 5.94. The number of alkyl halides is 2. The van der Waals surface area contributed by atoms with Crippen LogP contribution in [-0.2, 0) is 19.3 Å². The Morgan fingerprint density at radius 3 is 2.25 bits per heavy atom. The highest BCUT2D eigenvalue weighted by molar-refractivity contribution is 7.91. The molecule has 1 atom stereocenters. The third-order valence-electron chi connectivity index (χ3n) is 2.64. The van der Waals surface area contributed by atoms with E-state index < -0.39 is 20.5 Å². The van der Waals surface area contributed by atoms with Crippen LogP contribution in [0.3, 0.4) is 0 Å². The smallest absolute Gasteiger partial charge is 0.341 e. The van der Waals surface area contributed by atoms with E-state index in [0.717, 1.165) is 12.1 Å². The number of hydrogen-bond donors (Lipinski definition) is 1.